The number of benzene rings is 4. The lowest BCUT2D eigenvalue weighted by atomic mass is 10.1. The van der Waals surface area contributed by atoms with Crippen molar-refractivity contribution in [2.24, 2.45) is 0 Å². The molecular formula is C35H30N2O8S. The molecule has 0 aliphatic heterocycles. The number of anilines is 1. The van der Waals surface area contributed by atoms with Crippen LogP contribution in [0.5, 0.6) is 23.0 Å². The zero-order valence-electron chi connectivity index (χ0n) is 25.2. The van der Waals surface area contributed by atoms with Crippen LogP contribution < -0.4 is 30.5 Å². The summed E-state index contributed by atoms with van der Waals surface area (Å²) in [4.78, 5) is 40.1. The zero-order valence-corrected chi connectivity index (χ0v) is 26.0. The molecule has 0 saturated carbocycles. The molecule has 0 radical (unpaired) electrons. The number of carbonyl (C=O) groups is 2. The first kappa shape index (κ1) is 31.7. The third-order valence-corrected chi connectivity index (χ3v) is 7.85. The lowest BCUT2D eigenvalue weighted by molar-refractivity contribution is -0.113. The topological polar surface area (TPSA) is 136 Å². The number of nitrogens with one attached hydrogen (secondary N) is 2. The quantitative estimate of drug-likeness (QED) is 0.0874. The van der Waals surface area contributed by atoms with Gasteiger partial charge in [0, 0.05) is 38.9 Å². The van der Waals surface area contributed by atoms with E-state index in [9.17, 15) is 19.5 Å². The molecule has 1 aromatic heterocycles. The van der Waals surface area contributed by atoms with E-state index in [0.29, 0.717) is 56.3 Å². The number of phenols is 1. The minimum atomic E-state index is -0.571. The number of ether oxygens (including phenoxy) is 3. The molecule has 0 spiro atoms. The molecule has 0 saturated heterocycles. The summed E-state index contributed by atoms with van der Waals surface area (Å²) in [5.74, 6) is 0.433. The molecule has 234 valence electrons. The van der Waals surface area contributed by atoms with Crippen LogP contribution >= 0.6 is 11.8 Å². The molecule has 4 aromatic carbocycles. The lowest BCUT2D eigenvalue weighted by Crippen LogP contribution is -2.30. The van der Waals surface area contributed by atoms with E-state index in [1.165, 1.54) is 51.3 Å². The maximum Gasteiger partial charge on any atom is 0.340 e. The number of rotatable bonds is 11. The van der Waals surface area contributed by atoms with Crippen molar-refractivity contribution >= 4 is 46.3 Å². The molecule has 2 amide bonds. The Labute approximate surface area is 268 Å². The summed E-state index contributed by atoms with van der Waals surface area (Å²) in [6, 6.07) is 25.3. The van der Waals surface area contributed by atoms with E-state index in [-0.39, 0.29) is 11.4 Å². The fourth-order valence-corrected chi connectivity index (χ4v) is 5.47. The van der Waals surface area contributed by atoms with E-state index in [0.717, 1.165) is 4.90 Å². The van der Waals surface area contributed by atoms with Crippen molar-refractivity contribution in [1.82, 2.24) is 5.32 Å². The molecule has 46 heavy (non-hydrogen) atoms. The van der Waals surface area contributed by atoms with Crippen LogP contribution in [0.3, 0.4) is 0 Å². The van der Waals surface area contributed by atoms with Gasteiger partial charge in [-0.05, 0) is 72.3 Å². The van der Waals surface area contributed by atoms with E-state index in [1.807, 2.05) is 6.07 Å². The van der Waals surface area contributed by atoms with Gasteiger partial charge >= 0.3 is 5.63 Å². The molecule has 3 N–H and O–H groups in total. The van der Waals surface area contributed by atoms with Gasteiger partial charge < -0.3 is 34.4 Å². The Morgan fingerprint density at radius 2 is 1.61 bits per heavy atom. The largest absolute Gasteiger partial charge is 0.508 e. The van der Waals surface area contributed by atoms with Crippen LogP contribution in [-0.4, -0.2) is 38.3 Å². The third-order valence-electron chi connectivity index (χ3n) is 6.80. The molecule has 11 heteroatoms. The van der Waals surface area contributed by atoms with E-state index in [2.05, 4.69) is 10.6 Å². The average Bonchev–Trinajstić information content (AvgIpc) is 3.07. The first-order chi connectivity index (χ1) is 22.3. The van der Waals surface area contributed by atoms with Crippen LogP contribution in [-0.2, 0) is 10.5 Å². The predicted octanol–water partition coefficient (Wildman–Crippen LogP) is 6.23. The molecule has 10 nitrogen and oxygen atoms in total. The highest BCUT2D eigenvalue weighted by Gasteiger charge is 2.18. The summed E-state index contributed by atoms with van der Waals surface area (Å²) in [5.41, 5.74) is 1.60. The van der Waals surface area contributed by atoms with Crippen LogP contribution in [0.1, 0.15) is 21.5 Å². The number of methoxy groups -OCH3 is 3. The number of hydrogen-bond donors (Lipinski definition) is 3. The fourth-order valence-electron chi connectivity index (χ4n) is 4.56. The zero-order chi connectivity index (χ0) is 32.6. The fraction of sp³-hybridized carbons (Fsp3) is 0.114. The SMILES string of the molecule is COc1cc(/C=C(\NC(=O)c2ccccc2)C(=O)Nc2cccc(SCc3cc4ccc(O)cc4oc3=O)c2)cc(OC)c1OC. The Balaban J connectivity index is 1.39. The summed E-state index contributed by atoms with van der Waals surface area (Å²) >= 11 is 1.39. The van der Waals surface area contributed by atoms with E-state index < -0.39 is 17.4 Å². The van der Waals surface area contributed by atoms with Crippen LogP contribution in [0.2, 0.25) is 0 Å². The minimum Gasteiger partial charge on any atom is -0.508 e. The lowest BCUT2D eigenvalue weighted by Gasteiger charge is -2.15. The second-order valence-corrected chi connectivity index (χ2v) is 10.9. The molecular weight excluding hydrogens is 608 g/mol. The summed E-state index contributed by atoms with van der Waals surface area (Å²) in [6.45, 7) is 0. The second-order valence-electron chi connectivity index (χ2n) is 9.89. The maximum atomic E-state index is 13.6. The van der Waals surface area contributed by atoms with Crippen LogP contribution in [0.25, 0.3) is 17.0 Å². The molecule has 1 heterocycles. The molecule has 5 aromatic rings. The summed E-state index contributed by atoms with van der Waals surface area (Å²) in [5, 5.41) is 15.9. The number of thioether (sulfide) groups is 1. The van der Waals surface area contributed by atoms with Crippen molar-refractivity contribution in [2.75, 3.05) is 26.6 Å². The van der Waals surface area contributed by atoms with Gasteiger partial charge in [0.15, 0.2) is 11.5 Å². The standard InChI is InChI=1S/C35H30N2O8S/c1-42-30-15-21(16-31(43-2)32(30)44-3)14-28(37-33(39)22-8-5-4-6-9-22)34(40)36-25-10-7-11-27(18-25)46-20-24-17-23-12-13-26(38)19-29(23)45-35(24)41/h4-19,38H,20H2,1-3H3,(H,36,40)(H,37,39)/b28-14-. The van der Waals surface area contributed by atoms with Crippen molar-refractivity contribution in [3.8, 4) is 23.0 Å². The number of aromatic hydroxyl groups is 1. The van der Waals surface area contributed by atoms with E-state index in [4.69, 9.17) is 18.6 Å². The minimum absolute atomic E-state index is 0.0118. The van der Waals surface area contributed by atoms with Gasteiger partial charge in [0.1, 0.15) is 17.0 Å². The predicted molar refractivity (Wildman–Crippen MR) is 177 cm³/mol. The van der Waals surface area contributed by atoms with Gasteiger partial charge in [-0.15, -0.1) is 11.8 Å². The Hall–Kier alpha value is -5.68. The van der Waals surface area contributed by atoms with Crippen LogP contribution in [0.15, 0.2) is 111 Å². The van der Waals surface area contributed by atoms with Gasteiger partial charge in [-0.2, -0.15) is 0 Å². The second kappa shape index (κ2) is 14.4. The van der Waals surface area contributed by atoms with Crippen molar-refractivity contribution < 1.29 is 33.3 Å². The maximum absolute atomic E-state index is 13.6. The van der Waals surface area contributed by atoms with Crippen molar-refractivity contribution in [2.45, 2.75) is 10.6 Å². The highest BCUT2D eigenvalue weighted by molar-refractivity contribution is 7.98. The number of hydrogen-bond acceptors (Lipinski definition) is 9. The highest BCUT2D eigenvalue weighted by atomic mass is 32.2. The number of carbonyl (C=O) groups excluding carboxylic acids is 2. The summed E-state index contributed by atoms with van der Waals surface area (Å²) in [7, 11) is 4.46. The number of phenolic OH excluding ortho intramolecular Hbond substituents is 1. The van der Waals surface area contributed by atoms with Gasteiger partial charge in [0.25, 0.3) is 11.8 Å². The van der Waals surface area contributed by atoms with Crippen LogP contribution in [0.4, 0.5) is 5.69 Å². The smallest absolute Gasteiger partial charge is 0.340 e. The van der Waals surface area contributed by atoms with Crippen molar-refractivity contribution in [3.05, 3.63) is 124 Å². The summed E-state index contributed by atoms with van der Waals surface area (Å²) < 4.78 is 21.7. The first-order valence-electron chi connectivity index (χ1n) is 14.0. The Morgan fingerprint density at radius 3 is 2.30 bits per heavy atom. The van der Waals surface area contributed by atoms with Gasteiger partial charge in [0.05, 0.1) is 21.3 Å². The Kier molecular flexibility index (Phi) is 9.94. The van der Waals surface area contributed by atoms with E-state index >= 15 is 0 Å². The van der Waals surface area contributed by atoms with Gasteiger partial charge in [-0.25, -0.2) is 4.79 Å². The van der Waals surface area contributed by atoms with Gasteiger partial charge in [0.2, 0.25) is 5.75 Å². The molecule has 0 atom stereocenters. The van der Waals surface area contributed by atoms with Crippen LogP contribution in [0, 0.1) is 0 Å². The molecule has 0 fully saturated rings. The van der Waals surface area contributed by atoms with E-state index in [1.54, 1.807) is 72.8 Å². The first-order valence-corrected chi connectivity index (χ1v) is 14.9. The normalized spacial score (nSPS) is 11.2. The van der Waals surface area contributed by atoms with Gasteiger partial charge in [-0.1, -0.05) is 24.3 Å². The summed E-state index contributed by atoms with van der Waals surface area (Å²) in [6.07, 6.45) is 1.51. The average molecular weight is 639 g/mol. The molecule has 0 aliphatic rings. The number of fused-ring (bicyclic) bond motifs is 1. The molecule has 5 rings (SSSR count). The third kappa shape index (κ3) is 7.51. The van der Waals surface area contributed by atoms with Crippen molar-refractivity contribution in [3.63, 3.8) is 0 Å². The molecule has 0 aliphatic carbocycles. The molecule has 0 bridgehead atoms. The number of amides is 2. The Morgan fingerprint density at radius 1 is 0.870 bits per heavy atom. The van der Waals surface area contributed by atoms with Gasteiger partial charge in [-0.3, -0.25) is 9.59 Å². The Bertz CT molecular complexity index is 1960. The van der Waals surface area contributed by atoms with Crippen molar-refractivity contribution in [1.29, 1.82) is 0 Å². The molecule has 0 unspecified atom stereocenters. The highest BCUT2D eigenvalue weighted by Crippen LogP contribution is 2.38. The monoisotopic (exact) mass is 638 g/mol.